The SMILES string of the molecule is CC(=O)CC1CC1.O=CC(F)(F)F. The van der Waals surface area contributed by atoms with E-state index in [4.69, 9.17) is 4.79 Å². The van der Waals surface area contributed by atoms with Gasteiger partial charge in [-0.05, 0) is 25.7 Å². The van der Waals surface area contributed by atoms with Crippen molar-refractivity contribution in [2.24, 2.45) is 5.92 Å². The molecular formula is C8H11F3O2. The summed E-state index contributed by atoms with van der Waals surface area (Å²) in [6, 6.07) is 0. The Balaban J connectivity index is 0.000000226. The number of carbonyl (C=O) groups excluding carboxylic acids is 2. The summed E-state index contributed by atoms with van der Waals surface area (Å²) in [6.07, 6.45) is -2.29. The number of rotatable bonds is 2. The summed E-state index contributed by atoms with van der Waals surface area (Å²) in [4.78, 5) is 19.0. The molecule has 1 fully saturated rings. The molecule has 2 nitrogen and oxygen atoms in total. The summed E-state index contributed by atoms with van der Waals surface area (Å²) in [5.74, 6) is 1.13. The second-order valence-corrected chi connectivity index (χ2v) is 3.01. The third-order valence-electron chi connectivity index (χ3n) is 1.41. The minimum absolute atomic E-state index is 0.350. The lowest BCUT2D eigenvalue weighted by Crippen LogP contribution is -2.07. The molecule has 0 bridgehead atoms. The maximum atomic E-state index is 10.4. The third kappa shape index (κ3) is 11.1. The van der Waals surface area contributed by atoms with Gasteiger partial charge in [0, 0.05) is 6.42 Å². The number of hydrogen-bond donors (Lipinski definition) is 0. The van der Waals surface area contributed by atoms with Crippen molar-refractivity contribution in [1.29, 1.82) is 0 Å². The maximum Gasteiger partial charge on any atom is 0.446 e. The molecule has 76 valence electrons. The quantitative estimate of drug-likeness (QED) is 0.634. The van der Waals surface area contributed by atoms with E-state index >= 15 is 0 Å². The molecule has 0 atom stereocenters. The van der Waals surface area contributed by atoms with Crippen LogP contribution in [-0.2, 0) is 9.59 Å². The third-order valence-corrected chi connectivity index (χ3v) is 1.41. The minimum atomic E-state index is -4.64. The number of aldehydes is 1. The molecule has 1 aliphatic rings. The van der Waals surface area contributed by atoms with E-state index in [2.05, 4.69) is 0 Å². The van der Waals surface area contributed by atoms with Gasteiger partial charge in [-0.3, -0.25) is 4.79 Å². The molecule has 0 aromatic rings. The van der Waals surface area contributed by atoms with Gasteiger partial charge in [0.15, 0.2) is 0 Å². The van der Waals surface area contributed by atoms with Gasteiger partial charge in [-0.25, -0.2) is 0 Å². The van der Waals surface area contributed by atoms with E-state index in [1.807, 2.05) is 0 Å². The van der Waals surface area contributed by atoms with E-state index in [0.717, 1.165) is 12.3 Å². The van der Waals surface area contributed by atoms with Gasteiger partial charge in [-0.15, -0.1) is 0 Å². The predicted molar refractivity (Wildman–Crippen MR) is 40.1 cm³/mol. The monoisotopic (exact) mass is 196 g/mol. The number of hydrogen-bond acceptors (Lipinski definition) is 2. The molecule has 0 radical (unpaired) electrons. The Hall–Kier alpha value is -0.870. The van der Waals surface area contributed by atoms with Gasteiger partial charge in [-0.2, -0.15) is 13.2 Å². The first-order chi connectivity index (χ1) is 5.85. The zero-order valence-electron chi connectivity index (χ0n) is 7.23. The summed E-state index contributed by atoms with van der Waals surface area (Å²) in [5.41, 5.74) is 0. The van der Waals surface area contributed by atoms with Crippen LogP contribution in [0.3, 0.4) is 0 Å². The van der Waals surface area contributed by atoms with Gasteiger partial charge in [0.25, 0.3) is 0 Å². The van der Waals surface area contributed by atoms with E-state index in [9.17, 15) is 18.0 Å². The van der Waals surface area contributed by atoms with E-state index in [1.165, 1.54) is 12.8 Å². The highest BCUT2D eigenvalue weighted by molar-refractivity contribution is 5.75. The first-order valence-electron chi connectivity index (χ1n) is 3.87. The summed E-state index contributed by atoms with van der Waals surface area (Å²) >= 11 is 0. The molecule has 0 aliphatic heterocycles. The Bertz CT molecular complexity index is 182. The molecule has 0 N–H and O–H groups in total. The Kier molecular flexibility index (Phi) is 4.66. The topological polar surface area (TPSA) is 34.1 Å². The van der Waals surface area contributed by atoms with Crippen LogP contribution in [0.25, 0.3) is 0 Å². The van der Waals surface area contributed by atoms with Crippen LogP contribution in [0, 0.1) is 5.92 Å². The summed E-state index contributed by atoms with van der Waals surface area (Å²) < 4.78 is 31.2. The molecule has 0 aromatic carbocycles. The van der Waals surface area contributed by atoms with Crippen molar-refractivity contribution in [3.8, 4) is 0 Å². The molecule has 5 heteroatoms. The van der Waals surface area contributed by atoms with Crippen molar-refractivity contribution in [2.75, 3.05) is 0 Å². The highest BCUT2D eigenvalue weighted by Crippen LogP contribution is 2.32. The van der Waals surface area contributed by atoms with Crippen LogP contribution in [0.4, 0.5) is 13.2 Å². The normalized spacial score (nSPS) is 15.7. The Morgan fingerprint density at radius 2 is 1.85 bits per heavy atom. The summed E-state index contributed by atoms with van der Waals surface area (Å²) in [5, 5.41) is 0. The lowest BCUT2D eigenvalue weighted by atomic mass is 10.2. The Labute approximate surface area is 74.1 Å². The molecule has 0 heterocycles. The molecule has 0 amide bonds. The van der Waals surface area contributed by atoms with Crippen molar-refractivity contribution in [1.82, 2.24) is 0 Å². The van der Waals surface area contributed by atoms with Gasteiger partial charge in [0.2, 0.25) is 6.29 Å². The van der Waals surface area contributed by atoms with E-state index in [0.29, 0.717) is 5.78 Å². The fourth-order valence-corrected chi connectivity index (χ4v) is 0.729. The second-order valence-electron chi connectivity index (χ2n) is 3.01. The molecule has 1 aliphatic carbocycles. The van der Waals surface area contributed by atoms with Gasteiger partial charge in [0.1, 0.15) is 5.78 Å². The van der Waals surface area contributed by atoms with Crippen LogP contribution in [0.1, 0.15) is 26.2 Å². The zero-order chi connectivity index (χ0) is 10.5. The summed E-state index contributed by atoms with van der Waals surface area (Å²) in [7, 11) is 0. The molecule has 0 spiro atoms. The largest absolute Gasteiger partial charge is 0.446 e. The van der Waals surface area contributed by atoms with Gasteiger partial charge in [0.05, 0.1) is 0 Å². The maximum absolute atomic E-state index is 10.4. The first-order valence-corrected chi connectivity index (χ1v) is 3.87. The number of Topliss-reactive ketones (excluding diaryl/α,β-unsaturated/α-hetero) is 1. The Morgan fingerprint density at radius 3 is 1.92 bits per heavy atom. The van der Waals surface area contributed by atoms with Crippen molar-refractivity contribution >= 4 is 12.1 Å². The highest BCUT2D eigenvalue weighted by atomic mass is 19.4. The van der Waals surface area contributed by atoms with Crippen LogP contribution >= 0.6 is 0 Å². The van der Waals surface area contributed by atoms with Crippen molar-refractivity contribution in [2.45, 2.75) is 32.4 Å². The molecule has 1 saturated carbocycles. The fraction of sp³-hybridized carbons (Fsp3) is 0.750. The van der Waals surface area contributed by atoms with Gasteiger partial charge >= 0.3 is 6.18 Å². The fourth-order valence-electron chi connectivity index (χ4n) is 0.729. The van der Waals surface area contributed by atoms with E-state index in [-0.39, 0.29) is 0 Å². The number of carbonyl (C=O) groups is 2. The van der Waals surface area contributed by atoms with Crippen LogP contribution in [0.5, 0.6) is 0 Å². The lowest BCUT2D eigenvalue weighted by molar-refractivity contribution is -0.156. The van der Waals surface area contributed by atoms with Crippen LogP contribution in [-0.4, -0.2) is 18.2 Å². The number of alkyl halides is 3. The zero-order valence-corrected chi connectivity index (χ0v) is 7.23. The summed E-state index contributed by atoms with van der Waals surface area (Å²) in [6.45, 7) is 1.66. The average Bonchev–Trinajstić information content (AvgIpc) is 2.70. The predicted octanol–water partition coefficient (Wildman–Crippen LogP) is 2.12. The van der Waals surface area contributed by atoms with Gasteiger partial charge in [-0.1, -0.05) is 0 Å². The minimum Gasteiger partial charge on any atom is -0.300 e. The van der Waals surface area contributed by atoms with Crippen molar-refractivity contribution < 1.29 is 22.8 Å². The smallest absolute Gasteiger partial charge is 0.300 e. The van der Waals surface area contributed by atoms with E-state index < -0.39 is 12.5 Å². The standard InChI is InChI=1S/C6H10O.C2HF3O/c1-5(7)4-6-2-3-6;3-2(4,5)1-6/h6H,2-4H2,1H3;1H. The van der Waals surface area contributed by atoms with Crippen molar-refractivity contribution in [3.63, 3.8) is 0 Å². The number of halogens is 3. The van der Waals surface area contributed by atoms with E-state index in [1.54, 1.807) is 6.92 Å². The molecule has 0 unspecified atom stereocenters. The van der Waals surface area contributed by atoms with Crippen LogP contribution in [0.2, 0.25) is 0 Å². The number of ketones is 1. The molecule has 0 saturated heterocycles. The van der Waals surface area contributed by atoms with Crippen molar-refractivity contribution in [3.05, 3.63) is 0 Å². The van der Waals surface area contributed by atoms with Crippen LogP contribution in [0.15, 0.2) is 0 Å². The molecule has 13 heavy (non-hydrogen) atoms. The highest BCUT2D eigenvalue weighted by Gasteiger charge is 2.24. The van der Waals surface area contributed by atoms with Crippen LogP contribution < -0.4 is 0 Å². The molecule has 0 aromatic heterocycles. The van der Waals surface area contributed by atoms with Gasteiger partial charge < -0.3 is 4.79 Å². The average molecular weight is 196 g/mol. The molecular weight excluding hydrogens is 185 g/mol. The first kappa shape index (κ1) is 12.1. The Morgan fingerprint density at radius 1 is 1.46 bits per heavy atom. The second kappa shape index (κ2) is 4.99. The molecule has 1 rings (SSSR count). The lowest BCUT2D eigenvalue weighted by Gasteiger charge is -1.87.